The van der Waals surface area contributed by atoms with Crippen LogP contribution in [-0.2, 0) is 5.75 Å². The van der Waals surface area contributed by atoms with Crippen molar-refractivity contribution < 1.29 is 19.4 Å². The van der Waals surface area contributed by atoms with Crippen LogP contribution in [0.5, 0.6) is 11.5 Å². The van der Waals surface area contributed by atoms with Gasteiger partial charge < -0.3 is 9.84 Å². The van der Waals surface area contributed by atoms with Crippen LogP contribution >= 0.6 is 19.8 Å². The SMILES string of the molecule is O=Cc1cc(O)ccc1OC(=O)c1ccc(CSP)cc1. The zero-order valence-electron chi connectivity index (χ0n) is 11.0. The molecule has 0 radical (unpaired) electrons. The summed E-state index contributed by atoms with van der Waals surface area (Å²) in [5, 5.41) is 9.30. The first kappa shape index (κ1) is 15.5. The summed E-state index contributed by atoms with van der Waals surface area (Å²) in [6.07, 6.45) is 0.529. The number of esters is 1. The van der Waals surface area contributed by atoms with Crippen LogP contribution in [-0.4, -0.2) is 17.4 Å². The second-order valence-electron chi connectivity index (χ2n) is 4.24. The number of carbonyl (C=O) groups is 2. The van der Waals surface area contributed by atoms with E-state index in [1.807, 2.05) is 12.1 Å². The Kier molecular flexibility index (Phi) is 5.37. The molecular weight excluding hydrogens is 307 g/mol. The normalized spacial score (nSPS) is 10.1. The minimum Gasteiger partial charge on any atom is -0.508 e. The molecule has 1 atom stereocenters. The van der Waals surface area contributed by atoms with Crippen molar-refractivity contribution in [2.24, 2.45) is 0 Å². The molecule has 0 saturated carbocycles. The number of phenols is 1. The minimum absolute atomic E-state index is 0.0591. The van der Waals surface area contributed by atoms with Crippen LogP contribution in [0.2, 0.25) is 0 Å². The second-order valence-corrected chi connectivity index (χ2v) is 5.86. The highest BCUT2D eigenvalue weighted by Crippen LogP contribution is 2.23. The lowest BCUT2D eigenvalue weighted by Crippen LogP contribution is -2.09. The van der Waals surface area contributed by atoms with Crippen molar-refractivity contribution >= 4 is 32.1 Å². The van der Waals surface area contributed by atoms with Crippen molar-refractivity contribution in [2.45, 2.75) is 5.75 Å². The Bertz CT molecular complexity index is 655. The molecule has 6 heteroatoms. The number of carbonyl (C=O) groups excluding carboxylic acids is 2. The van der Waals surface area contributed by atoms with Gasteiger partial charge in [0.1, 0.15) is 11.5 Å². The standard InChI is InChI=1S/C15H13O4PS/c16-8-12-7-13(17)5-6-14(12)19-15(18)11-3-1-10(2-4-11)9-21-20/h1-8,17H,9,20H2. The van der Waals surface area contributed by atoms with E-state index in [1.165, 1.54) is 18.2 Å². The number of phenolic OH excluding ortho intramolecular Hbond substituents is 1. The highest BCUT2D eigenvalue weighted by molar-refractivity contribution is 8.43. The Hall–Kier alpha value is -1.84. The van der Waals surface area contributed by atoms with Crippen LogP contribution in [0.3, 0.4) is 0 Å². The van der Waals surface area contributed by atoms with Gasteiger partial charge in [-0.15, -0.1) is 11.4 Å². The van der Waals surface area contributed by atoms with Crippen molar-refractivity contribution in [3.8, 4) is 11.5 Å². The lowest BCUT2D eigenvalue weighted by atomic mass is 10.1. The molecule has 0 heterocycles. The van der Waals surface area contributed by atoms with Crippen LogP contribution in [0.25, 0.3) is 0 Å². The van der Waals surface area contributed by atoms with Crippen LogP contribution in [0, 0.1) is 0 Å². The monoisotopic (exact) mass is 320 g/mol. The lowest BCUT2D eigenvalue weighted by Gasteiger charge is -2.07. The summed E-state index contributed by atoms with van der Waals surface area (Å²) in [5.74, 6) is 0.357. The molecule has 0 bridgehead atoms. The van der Waals surface area contributed by atoms with Gasteiger partial charge >= 0.3 is 5.97 Å². The first-order chi connectivity index (χ1) is 10.1. The molecule has 1 N–H and O–H groups in total. The minimum atomic E-state index is -0.547. The zero-order chi connectivity index (χ0) is 15.2. The summed E-state index contributed by atoms with van der Waals surface area (Å²) in [7, 11) is 2.57. The number of aldehydes is 1. The summed E-state index contributed by atoms with van der Waals surface area (Å²) in [6, 6.07) is 11.1. The van der Waals surface area contributed by atoms with Gasteiger partial charge in [-0.25, -0.2) is 4.79 Å². The van der Waals surface area contributed by atoms with E-state index >= 15 is 0 Å². The van der Waals surface area contributed by atoms with Gasteiger partial charge in [-0.1, -0.05) is 20.6 Å². The van der Waals surface area contributed by atoms with E-state index in [2.05, 4.69) is 8.44 Å². The molecule has 0 fully saturated rings. The highest BCUT2D eigenvalue weighted by Gasteiger charge is 2.12. The van der Waals surface area contributed by atoms with Gasteiger partial charge in [-0.05, 0) is 35.9 Å². The van der Waals surface area contributed by atoms with Crippen molar-refractivity contribution in [1.29, 1.82) is 0 Å². The molecular formula is C15H13O4PS. The molecule has 0 saturated heterocycles. The maximum absolute atomic E-state index is 12.0. The molecule has 0 aliphatic heterocycles. The molecule has 0 amide bonds. The summed E-state index contributed by atoms with van der Waals surface area (Å²) >= 11 is 1.62. The molecule has 0 aliphatic rings. The quantitative estimate of drug-likeness (QED) is 0.396. The van der Waals surface area contributed by atoms with Crippen LogP contribution < -0.4 is 4.74 Å². The number of benzene rings is 2. The van der Waals surface area contributed by atoms with E-state index in [0.717, 1.165) is 11.3 Å². The molecule has 0 aromatic heterocycles. The van der Waals surface area contributed by atoms with Crippen LogP contribution in [0.4, 0.5) is 0 Å². The molecule has 4 nitrogen and oxygen atoms in total. The summed E-state index contributed by atoms with van der Waals surface area (Å²) in [4.78, 5) is 22.9. The predicted molar refractivity (Wildman–Crippen MR) is 85.9 cm³/mol. The molecule has 108 valence electrons. The fourth-order valence-electron chi connectivity index (χ4n) is 1.71. The van der Waals surface area contributed by atoms with E-state index in [-0.39, 0.29) is 17.1 Å². The molecule has 21 heavy (non-hydrogen) atoms. The topological polar surface area (TPSA) is 63.6 Å². The smallest absolute Gasteiger partial charge is 0.343 e. The molecule has 0 aliphatic carbocycles. The van der Waals surface area contributed by atoms with E-state index in [4.69, 9.17) is 4.74 Å². The van der Waals surface area contributed by atoms with Gasteiger partial charge in [0, 0.05) is 5.75 Å². The molecule has 0 spiro atoms. The average molecular weight is 320 g/mol. The van der Waals surface area contributed by atoms with E-state index in [9.17, 15) is 14.7 Å². The second kappa shape index (κ2) is 7.25. The fourth-order valence-corrected chi connectivity index (χ4v) is 2.68. The van der Waals surface area contributed by atoms with Crippen molar-refractivity contribution in [3.05, 3.63) is 59.2 Å². The van der Waals surface area contributed by atoms with Crippen molar-refractivity contribution in [2.75, 3.05) is 0 Å². The molecule has 2 aromatic carbocycles. The molecule has 2 aromatic rings. The first-order valence-corrected chi connectivity index (χ1v) is 8.51. The lowest BCUT2D eigenvalue weighted by molar-refractivity contribution is 0.0733. The van der Waals surface area contributed by atoms with Crippen LogP contribution in [0.1, 0.15) is 26.3 Å². The maximum atomic E-state index is 12.0. The van der Waals surface area contributed by atoms with E-state index in [1.54, 1.807) is 23.5 Å². The first-order valence-electron chi connectivity index (χ1n) is 6.05. The predicted octanol–water partition coefficient (Wildman–Crippen LogP) is 3.45. The number of rotatable bonds is 5. The zero-order valence-corrected chi connectivity index (χ0v) is 13.0. The van der Waals surface area contributed by atoms with Gasteiger partial charge in [-0.2, -0.15) is 0 Å². The average Bonchev–Trinajstić information content (AvgIpc) is 2.50. The third kappa shape index (κ3) is 4.06. The van der Waals surface area contributed by atoms with Gasteiger partial charge in [0.15, 0.2) is 6.29 Å². The van der Waals surface area contributed by atoms with Crippen LogP contribution in [0.15, 0.2) is 42.5 Å². The van der Waals surface area contributed by atoms with E-state index in [0.29, 0.717) is 11.8 Å². The number of aromatic hydroxyl groups is 1. The third-order valence-electron chi connectivity index (χ3n) is 2.76. The highest BCUT2D eigenvalue weighted by atomic mass is 32.7. The summed E-state index contributed by atoms with van der Waals surface area (Å²) < 4.78 is 5.19. The Labute approximate surface area is 128 Å². The molecule has 2 rings (SSSR count). The fraction of sp³-hybridized carbons (Fsp3) is 0.0667. The van der Waals surface area contributed by atoms with Crippen molar-refractivity contribution in [1.82, 2.24) is 0 Å². The van der Waals surface area contributed by atoms with Gasteiger partial charge in [0.2, 0.25) is 0 Å². The Balaban J connectivity index is 2.16. The molecule has 1 unspecified atom stereocenters. The number of hydrogen-bond donors (Lipinski definition) is 1. The summed E-state index contributed by atoms with van der Waals surface area (Å²) in [6.45, 7) is 0. The van der Waals surface area contributed by atoms with Gasteiger partial charge in [0.25, 0.3) is 0 Å². The van der Waals surface area contributed by atoms with Crippen molar-refractivity contribution in [3.63, 3.8) is 0 Å². The Morgan fingerprint density at radius 1 is 1.24 bits per heavy atom. The number of ether oxygens (including phenoxy) is 1. The van der Waals surface area contributed by atoms with Gasteiger partial charge in [-0.3, -0.25) is 4.79 Å². The largest absolute Gasteiger partial charge is 0.508 e. The number of hydrogen-bond acceptors (Lipinski definition) is 5. The van der Waals surface area contributed by atoms with E-state index < -0.39 is 5.97 Å². The third-order valence-corrected chi connectivity index (χ3v) is 3.76. The van der Waals surface area contributed by atoms with Gasteiger partial charge in [0.05, 0.1) is 11.1 Å². The maximum Gasteiger partial charge on any atom is 0.343 e. The summed E-state index contributed by atoms with van der Waals surface area (Å²) in [5.41, 5.74) is 1.63. The Morgan fingerprint density at radius 3 is 2.57 bits per heavy atom. The Morgan fingerprint density at radius 2 is 1.95 bits per heavy atom.